The number of aliphatic hydroxyl groups excluding tert-OH is 1. The van der Waals surface area contributed by atoms with Gasteiger partial charge in [-0.3, -0.25) is 4.79 Å². The fourth-order valence-electron chi connectivity index (χ4n) is 0.582. The highest BCUT2D eigenvalue weighted by molar-refractivity contribution is 5.76. The van der Waals surface area contributed by atoms with E-state index < -0.39 is 25.0 Å². The lowest BCUT2D eigenvalue weighted by atomic mass is 10.3. The molecule has 0 aliphatic carbocycles. The molecule has 74 valence electrons. The molecule has 0 aliphatic rings. The molecule has 0 aliphatic heterocycles. The molecule has 5 heteroatoms. The minimum Gasteiger partial charge on any atom is -0.385 e. The van der Waals surface area contributed by atoms with Gasteiger partial charge in [0.25, 0.3) is 6.43 Å². The molecule has 0 aromatic heterocycles. The third-order valence-electron chi connectivity index (χ3n) is 1.30. The van der Waals surface area contributed by atoms with E-state index in [-0.39, 0.29) is 12.8 Å². The first-order valence-corrected chi connectivity index (χ1v) is 3.74. The van der Waals surface area contributed by atoms with E-state index >= 15 is 0 Å². The van der Waals surface area contributed by atoms with Crippen molar-refractivity contribution >= 4 is 5.91 Å². The Morgan fingerprint density at radius 2 is 2.23 bits per heavy atom. The Morgan fingerprint density at radius 1 is 1.62 bits per heavy atom. The van der Waals surface area contributed by atoms with Crippen molar-refractivity contribution in [3.63, 3.8) is 0 Å². The van der Waals surface area contributed by atoms with Gasteiger partial charge in [0.15, 0.2) is 0 Å². The number of aliphatic hydroxyl groups is 1. The third kappa shape index (κ3) is 6.05. The summed E-state index contributed by atoms with van der Waals surface area (Å²) >= 11 is 0. The van der Waals surface area contributed by atoms with E-state index in [0.717, 1.165) is 0 Å². The van der Waals surface area contributed by atoms with Crippen LogP contribution < -0.4 is 5.32 Å². The summed E-state index contributed by atoms with van der Waals surface area (Å²) in [6, 6.07) is 0. The van der Waals surface area contributed by atoms with E-state index in [1.165, 1.54) is 0 Å². The van der Waals surface area contributed by atoms with Gasteiger partial charge in [-0.05, 0) is 0 Å². The van der Waals surface area contributed by atoms with Crippen LogP contribution in [0.2, 0.25) is 0 Å². The zero-order valence-electron chi connectivity index (χ0n) is 6.96. The van der Waals surface area contributed by atoms with Crippen molar-refractivity contribution in [1.82, 2.24) is 5.32 Å². The Labute approximate surface area is 75.1 Å². The second-order valence-electron chi connectivity index (χ2n) is 2.41. The topological polar surface area (TPSA) is 49.3 Å². The molecule has 0 aromatic carbocycles. The van der Waals surface area contributed by atoms with Crippen LogP contribution in [-0.2, 0) is 4.79 Å². The summed E-state index contributed by atoms with van der Waals surface area (Å²) in [6.07, 6.45) is 0.582. The molecule has 0 saturated carbocycles. The fraction of sp³-hybridized carbons (Fsp3) is 0.625. The number of carbonyl (C=O) groups excluding carboxylic acids is 1. The Kier molecular flexibility index (Phi) is 5.81. The van der Waals surface area contributed by atoms with E-state index in [1.54, 1.807) is 0 Å². The summed E-state index contributed by atoms with van der Waals surface area (Å²) in [4.78, 5) is 10.8. The highest BCUT2D eigenvalue weighted by Crippen LogP contribution is 1.98. The van der Waals surface area contributed by atoms with E-state index in [4.69, 9.17) is 11.5 Å². The normalized spacial score (nSPS) is 12.2. The van der Waals surface area contributed by atoms with E-state index in [1.807, 2.05) is 0 Å². The number of rotatable bonds is 5. The van der Waals surface area contributed by atoms with Gasteiger partial charge in [0.1, 0.15) is 6.10 Å². The molecule has 1 unspecified atom stereocenters. The lowest BCUT2D eigenvalue weighted by Gasteiger charge is -2.09. The Hall–Kier alpha value is -1.15. The molecule has 0 rings (SSSR count). The average Bonchev–Trinajstić information content (AvgIpc) is 2.10. The summed E-state index contributed by atoms with van der Waals surface area (Å²) in [5, 5.41) is 10.7. The molecule has 2 N–H and O–H groups in total. The quantitative estimate of drug-likeness (QED) is 0.607. The Bertz CT molecular complexity index is 201. The zero-order valence-corrected chi connectivity index (χ0v) is 6.96. The first-order valence-electron chi connectivity index (χ1n) is 3.74. The standard InChI is InChI=1S/C8H11F2NO2/c1-2-3-4-7(13)11-5-6(12)8(9)10/h1,6,8,12H,3-5H2,(H,11,13). The second kappa shape index (κ2) is 6.38. The first-order chi connectivity index (χ1) is 6.07. The van der Waals surface area contributed by atoms with Crippen molar-refractivity contribution < 1.29 is 18.7 Å². The largest absolute Gasteiger partial charge is 0.385 e. The van der Waals surface area contributed by atoms with Crippen molar-refractivity contribution in [3.05, 3.63) is 0 Å². The summed E-state index contributed by atoms with van der Waals surface area (Å²) in [5.41, 5.74) is 0. The fourth-order valence-corrected chi connectivity index (χ4v) is 0.582. The lowest BCUT2D eigenvalue weighted by Crippen LogP contribution is -2.35. The molecule has 0 saturated heterocycles. The molecule has 0 bridgehead atoms. The molecule has 13 heavy (non-hydrogen) atoms. The van der Waals surface area contributed by atoms with Crippen LogP contribution in [0.4, 0.5) is 8.78 Å². The van der Waals surface area contributed by atoms with Crippen LogP contribution >= 0.6 is 0 Å². The van der Waals surface area contributed by atoms with Crippen LogP contribution in [0.3, 0.4) is 0 Å². The second-order valence-corrected chi connectivity index (χ2v) is 2.41. The number of hydrogen-bond donors (Lipinski definition) is 2. The summed E-state index contributed by atoms with van der Waals surface area (Å²) in [7, 11) is 0. The Balaban J connectivity index is 3.53. The highest BCUT2D eigenvalue weighted by Gasteiger charge is 2.16. The highest BCUT2D eigenvalue weighted by atomic mass is 19.3. The SMILES string of the molecule is C#CCCC(=O)NCC(O)C(F)F. The zero-order chi connectivity index (χ0) is 10.3. The predicted octanol–water partition coefficient (Wildman–Crippen LogP) is 0.142. The number of terminal acetylenes is 1. The van der Waals surface area contributed by atoms with Gasteiger partial charge in [-0.25, -0.2) is 8.78 Å². The van der Waals surface area contributed by atoms with Crippen LogP contribution in [0.5, 0.6) is 0 Å². The van der Waals surface area contributed by atoms with Gasteiger partial charge < -0.3 is 10.4 Å². The third-order valence-corrected chi connectivity index (χ3v) is 1.30. The number of alkyl halides is 2. The van der Waals surface area contributed by atoms with Gasteiger partial charge in [-0.15, -0.1) is 12.3 Å². The van der Waals surface area contributed by atoms with Gasteiger partial charge in [0.2, 0.25) is 5.91 Å². The summed E-state index contributed by atoms with van der Waals surface area (Å²) in [6.45, 7) is -0.443. The molecule has 0 aromatic rings. The molecule has 0 radical (unpaired) electrons. The van der Waals surface area contributed by atoms with Crippen molar-refractivity contribution in [2.75, 3.05) is 6.54 Å². The number of hydrogen-bond acceptors (Lipinski definition) is 2. The maximum Gasteiger partial charge on any atom is 0.265 e. The van der Waals surface area contributed by atoms with E-state index in [0.29, 0.717) is 0 Å². The molecular formula is C8H11F2NO2. The molecule has 1 amide bonds. The number of carbonyl (C=O) groups is 1. The Morgan fingerprint density at radius 3 is 2.69 bits per heavy atom. The molecule has 3 nitrogen and oxygen atoms in total. The molecular weight excluding hydrogens is 180 g/mol. The monoisotopic (exact) mass is 191 g/mol. The van der Waals surface area contributed by atoms with E-state index in [9.17, 15) is 13.6 Å². The average molecular weight is 191 g/mol. The summed E-state index contributed by atoms with van der Waals surface area (Å²) in [5.74, 6) is 1.80. The van der Waals surface area contributed by atoms with Crippen molar-refractivity contribution in [2.45, 2.75) is 25.4 Å². The molecule has 0 fully saturated rings. The maximum atomic E-state index is 11.7. The van der Waals surface area contributed by atoms with Gasteiger partial charge in [-0.1, -0.05) is 0 Å². The summed E-state index contributed by atoms with van der Waals surface area (Å²) < 4.78 is 23.4. The minimum absolute atomic E-state index is 0.0897. The smallest absolute Gasteiger partial charge is 0.265 e. The number of nitrogens with one attached hydrogen (secondary N) is 1. The maximum absolute atomic E-state index is 11.7. The number of amides is 1. The van der Waals surface area contributed by atoms with Gasteiger partial charge >= 0.3 is 0 Å². The molecule has 0 spiro atoms. The van der Waals surface area contributed by atoms with Crippen LogP contribution in [0.15, 0.2) is 0 Å². The van der Waals surface area contributed by atoms with Crippen molar-refractivity contribution in [2.24, 2.45) is 0 Å². The molecule has 0 heterocycles. The predicted molar refractivity (Wildman–Crippen MR) is 43.1 cm³/mol. The molecule has 1 atom stereocenters. The van der Waals surface area contributed by atoms with Gasteiger partial charge in [-0.2, -0.15) is 0 Å². The van der Waals surface area contributed by atoms with Gasteiger partial charge in [0, 0.05) is 19.4 Å². The lowest BCUT2D eigenvalue weighted by molar-refractivity contribution is -0.122. The van der Waals surface area contributed by atoms with Crippen molar-refractivity contribution in [3.8, 4) is 12.3 Å². The van der Waals surface area contributed by atoms with Crippen LogP contribution in [0.25, 0.3) is 0 Å². The first kappa shape index (κ1) is 11.8. The minimum atomic E-state index is -2.84. The van der Waals surface area contributed by atoms with Crippen LogP contribution in [0.1, 0.15) is 12.8 Å². The van der Waals surface area contributed by atoms with Gasteiger partial charge in [0.05, 0.1) is 0 Å². The van der Waals surface area contributed by atoms with E-state index in [2.05, 4.69) is 11.2 Å². The number of halogens is 2. The van der Waals surface area contributed by atoms with Crippen molar-refractivity contribution in [1.29, 1.82) is 0 Å². The van der Waals surface area contributed by atoms with Crippen LogP contribution in [-0.4, -0.2) is 30.1 Å². The van der Waals surface area contributed by atoms with Crippen LogP contribution in [0, 0.1) is 12.3 Å².